The number of urea groups is 1. The molecule has 1 fully saturated rings. The lowest BCUT2D eigenvalue weighted by atomic mass is 10.2. The summed E-state index contributed by atoms with van der Waals surface area (Å²) in [6, 6.07) is 12.3. The Balaban J connectivity index is 1.60. The van der Waals surface area contributed by atoms with Crippen LogP contribution in [0.4, 0.5) is 25.0 Å². The summed E-state index contributed by atoms with van der Waals surface area (Å²) in [5.41, 5.74) is 0.601. The van der Waals surface area contributed by atoms with E-state index in [1.807, 2.05) is 17.5 Å². The zero-order valence-electron chi connectivity index (χ0n) is 16.1. The van der Waals surface area contributed by atoms with Gasteiger partial charge in [0, 0.05) is 10.6 Å². The van der Waals surface area contributed by atoms with Crippen LogP contribution in [0.5, 0.6) is 0 Å². The first-order chi connectivity index (χ1) is 14.9. The van der Waals surface area contributed by atoms with E-state index in [0.29, 0.717) is 5.69 Å². The number of nitrogens with zero attached hydrogens (tertiary/aromatic N) is 2. The maximum absolute atomic E-state index is 13.3. The number of anilines is 2. The van der Waals surface area contributed by atoms with Crippen LogP contribution in [-0.4, -0.2) is 28.8 Å². The van der Waals surface area contributed by atoms with Gasteiger partial charge in [-0.25, -0.2) is 18.5 Å². The number of hydrogen-bond acceptors (Lipinski definition) is 4. The van der Waals surface area contributed by atoms with Crippen LogP contribution in [0.2, 0.25) is 0 Å². The van der Waals surface area contributed by atoms with E-state index in [9.17, 15) is 23.2 Å². The highest BCUT2D eigenvalue weighted by atomic mass is 32.1. The monoisotopic (exact) mass is 441 g/mol. The summed E-state index contributed by atoms with van der Waals surface area (Å²) in [5.74, 6) is -1.98. The molecule has 1 unspecified atom stereocenters. The molecule has 158 valence electrons. The molecule has 0 radical (unpaired) electrons. The number of amides is 4. The normalized spacial score (nSPS) is 15.9. The molecule has 6 nitrogen and oxygen atoms in total. The molecule has 1 saturated heterocycles. The van der Waals surface area contributed by atoms with E-state index in [0.717, 1.165) is 21.9 Å². The number of halogens is 2. The van der Waals surface area contributed by atoms with E-state index >= 15 is 0 Å². The van der Waals surface area contributed by atoms with Crippen LogP contribution in [0.3, 0.4) is 0 Å². The highest BCUT2D eigenvalue weighted by molar-refractivity contribution is 7.09. The van der Waals surface area contributed by atoms with Crippen LogP contribution in [0.25, 0.3) is 0 Å². The molecule has 4 rings (SSSR count). The van der Waals surface area contributed by atoms with Crippen LogP contribution < -0.4 is 10.2 Å². The number of nitrogens with one attached hydrogen (secondary N) is 1. The van der Waals surface area contributed by atoms with Crippen molar-refractivity contribution < 1.29 is 23.2 Å². The van der Waals surface area contributed by atoms with Crippen LogP contribution in [0.1, 0.15) is 11.3 Å². The Labute approximate surface area is 180 Å². The summed E-state index contributed by atoms with van der Waals surface area (Å²) in [6.45, 7) is 0.117. The number of carbonyl (C=O) groups is 3. The van der Waals surface area contributed by atoms with E-state index in [2.05, 4.69) is 5.32 Å². The summed E-state index contributed by atoms with van der Waals surface area (Å²) in [5, 5.41) is 4.49. The standard InChI is InChI=1S/C22H17F2N3O3S/c23-14-3-7-16(8-4-14)25-22(30)26(13-18-2-1-11-31-18)19-12-20(28)27(21(19)29)17-9-5-15(24)6-10-17/h1-11,19H,12-13H2,(H,25,30). The predicted octanol–water partition coefficient (Wildman–Crippen LogP) is 4.39. The smallest absolute Gasteiger partial charge is 0.308 e. The van der Waals surface area contributed by atoms with Gasteiger partial charge in [-0.1, -0.05) is 6.07 Å². The van der Waals surface area contributed by atoms with Gasteiger partial charge in [-0.15, -0.1) is 11.3 Å². The number of thiophene rings is 1. The van der Waals surface area contributed by atoms with Crippen LogP contribution >= 0.6 is 11.3 Å². The molecule has 0 spiro atoms. The van der Waals surface area contributed by atoms with Crippen molar-refractivity contribution in [1.82, 2.24) is 4.90 Å². The Hall–Kier alpha value is -3.59. The fourth-order valence-electron chi connectivity index (χ4n) is 3.34. The first-order valence-electron chi connectivity index (χ1n) is 9.40. The number of hydrogen-bond donors (Lipinski definition) is 1. The number of rotatable bonds is 5. The number of benzene rings is 2. The van der Waals surface area contributed by atoms with Crippen LogP contribution in [0.15, 0.2) is 66.0 Å². The van der Waals surface area contributed by atoms with E-state index in [-0.39, 0.29) is 18.7 Å². The van der Waals surface area contributed by atoms with Crippen molar-refractivity contribution in [2.75, 3.05) is 10.2 Å². The molecule has 1 aromatic heterocycles. The van der Waals surface area contributed by atoms with E-state index in [1.54, 1.807) is 0 Å². The average Bonchev–Trinajstić information content (AvgIpc) is 3.36. The summed E-state index contributed by atoms with van der Waals surface area (Å²) in [7, 11) is 0. The van der Waals surface area contributed by atoms with Gasteiger partial charge in [0.05, 0.1) is 18.7 Å². The van der Waals surface area contributed by atoms with Gasteiger partial charge in [-0.3, -0.25) is 9.59 Å². The molecule has 3 aromatic rings. The SMILES string of the molecule is O=C1CC(N(Cc2cccs2)C(=O)Nc2ccc(F)cc2)C(=O)N1c1ccc(F)cc1. The Morgan fingerprint density at radius 3 is 2.29 bits per heavy atom. The average molecular weight is 441 g/mol. The second kappa shape index (κ2) is 8.65. The molecule has 2 aromatic carbocycles. The van der Waals surface area contributed by atoms with Crippen LogP contribution in [0, 0.1) is 11.6 Å². The molecule has 2 heterocycles. The maximum Gasteiger partial charge on any atom is 0.322 e. The predicted molar refractivity (Wildman–Crippen MR) is 113 cm³/mol. The largest absolute Gasteiger partial charge is 0.322 e. The fourth-order valence-corrected chi connectivity index (χ4v) is 4.05. The molecule has 4 amide bonds. The third-order valence-electron chi connectivity index (χ3n) is 4.85. The van der Waals surface area contributed by atoms with Gasteiger partial charge in [0.2, 0.25) is 5.91 Å². The lowest BCUT2D eigenvalue weighted by Crippen LogP contribution is -2.46. The fraction of sp³-hybridized carbons (Fsp3) is 0.136. The molecular formula is C22H17F2N3O3S. The van der Waals surface area contributed by atoms with E-state index in [1.165, 1.54) is 52.6 Å². The third kappa shape index (κ3) is 4.46. The van der Waals surface area contributed by atoms with Crippen molar-refractivity contribution in [3.63, 3.8) is 0 Å². The molecule has 1 atom stereocenters. The minimum atomic E-state index is -1.03. The quantitative estimate of drug-likeness (QED) is 0.597. The molecule has 9 heteroatoms. The van der Waals surface area contributed by atoms with Gasteiger partial charge < -0.3 is 10.2 Å². The number of carbonyl (C=O) groups excluding carboxylic acids is 3. The molecule has 1 aliphatic heterocycles. The van der Waals surface area contributed by atoms with Crippen molar-refractivity contribution in [2.24, 2.45) is 0 Å². The highest BCUT2D eigenvalue weighted by Crippen LogP contribution is 2.28. The van der Waals surface area contributed by atoms with Gasteiger partial charge in [0.25, 0.3) is 5.91 Å². The minimum absolute atomic E-state index is 0.117. The van der Waals surface area contributed by atoms with Gasteiger partial charge in [0.15, 0.2) is 0 Å². The van der Waals surface area contributed by atoms with Gasteiger partial charge >= 0.3 is 6.03 Å². The van der Waals surface area contributed by atoms with Crippen molar-refractivity contribution in [3.8, 4) is 0 Å². The summed E-state index contributed by atoms with van der Waals surface area (Å²) >= 11 is 1.41. The zero-order valence-corrected chi connectivity index (χ0v) is 16.9. The first kappa shape index (κ1) is 20.7. The second-order valence-corrected chi connectivity index (χ2v) is 7.94. The topological polar surface area (TPSA) is 69.7 Å². The van der Waals surface area contributed by atoms with Gasteiger partial charge in [0.1, 0.15) is 17.7 Å². The summed E-state index contributed by atoms with van der Waals surface area (Å²) < 4.78 is 26.4. The van der Waals surface area contributed by atoms with E-state index in [4.69, 9.17) is 0 Å². The Kier molecular flexibility index (Phi) is 5.77. The van der Waals surface area contributed by atoms with Crippen molar-refractivity contribution in [2.45, 2.75) is 19.0 Å². The minimum Gasteiger partial charge on any atom is -0.308 e. The summed E-state index contributed by atoms with van der Waals surface area (Å²) in [4.78, 5) is 41.9. The Bertz CT molecular complexity index is 1100. The molecule has 1 N–H and O–H groups in total. The molecule has 0 saturated carbocycles. The Morgan fingerprint density at radius 1 is 1.03 bits per heavy atom. The van der Waals surface area contributed by atoms with Crippen molar-refractivity contribution in [1.29, 1.82) is 0 Å². The molecule has 0 aliphatic carbocycles. The molecule has 0 bridgehead atoms. The molecular weight excluding hydrogens is 424 g/mol. The van der Waals surface area contributed by atoms with Gasteiger partial charge in [-0.2, -0.15) is 0 Å². The van der Waals surface area contributed by atoms with Gasteiger partial charge in [-0.05, 0) is 60.0 Å². The highest BCUT2D eigenvalue weighted by Gasteiger charge is 2.44. The Morgan fingerprint density at radius 2 is 1.68 bits per heavy atom. The van der Waals surface area contributed by atoms with Crippen molar-refractivity contribution in [3.05, 3.63) is 82.6 Å². The van der Waals surface area contributed by atoms with Crippen molar-refractivity contribution >= 4 is 40.6 Å². The first-order valence-corrected chi connectivity index (χ1v) is 10.3. The number of imide groups is 1. The molecule has 31 heavy (non-hydrogen) atoms. The zero-order chi connectivity index (χ0) is 22.0. The lowest BCUT2D eigenvalue weighted by molar-refractivity contribution is -0.122. The lowest BCUT2D eigenvalue weighted by Gasteiger charge is -2.27. The summed E-state index contributed by atoms with van der Waals surface area (Å²) in [6.07, 6.45) is -0.196. The molecule has 1 aliphatic rings. The third-order valence-corrected chi connectivity index (χ3v) is 5.71. The van der Waals surface area contributed by atoms with Crippen LogP contribution in [-0.2, 0) is 16.1 Å². The second-order valence-electron chi connectivity index (χ2n) is 6.91. The maximum atomic E-state index is 13.3. The van der Waals surface area contributed by atoms with E-state index < -0.39 is 35.5 Å².